The van der Waals surface area contributed by atoms with Crippen molar-refractivity contribution in [2.75, 3.05) is 31.1 Å². The van der Waals surface area contributed by atoms with Gasteiger partial charge in [-0.05, 0) is 46.8 Å². The minimum Gasteiger partial charge on any atom is -0.493 e. The van der Waals surface area contributed by atoms with Gasteiger partial charge in [0, 0.05) is 37.4 Å². The van der Waals surface area contributed by atoms with E-state index in [1.807, 2.05) is 46.8 Å². The Morgan fingerprint density at radius 3 is 2.44 bits per heavy atom. The number of nitrogens with zero attached hydrogens (tertiary/aromatic N) is 2. The molecule has 2 amide bonds. The van der Waals surface area contributed by atoms with E-state index in [9.17, 15) is 9.59 Å². The molecule has 0 bridgehead atoms. The fourth-order valence-corrected chi connectivity index (χ4v) is 2.97. The third-order valence-electron chi connectivity index (χ3n) is 4.15. The Bertz CT molecular complexity index is 675. The molecular weight excluding hydrogens is 370 g/mol. The van der Waals surface area contributed by atoms with Crippen LogP contribution in [0.15, 0.2) is 18.2 Å². The van der Waals surface area contributed by atoms with E-state index < -0.39 is 11.5 Å². The minimum absolute atomic E-state index is 0. The van der Waals surface area contributed by atoms with Crippen LogP contribution in [0.25, 0.3) is 0 Å². The number of anilines is 1. The van der Waals surface area contributed by atoms with Gasteiger partial charge in [0.25, 0.3) is 5.91 Å². The molecule has 0 saturated carbocycles. The van der Waals surface area contributed by atoms with Crippen LogP contribution in [0.5, 0.6) is 5.75 Å². The average Bonchev–Trinajstić information content (AvgIpc) is 2.53. The van der Waals surface area contributed by atoms with E-state index in [4.69, 9.17) is 15.2 Å². The van der Waals surface area contributed by atoms with Crippen molar-refractivity contribution in [3.8, 4) is 5.75 Å². The Morgan fingerprint density at radius 2 is 1.93 bits per heavy atom. The van der Waals surface area contributed by atoms with Crippen LogP contribution < -0.4 is 15.4 Å². The first-order chi connectivity index (χ1) is 12.1. The number of primary amides is 1. The highest BCUT2D eigenvalue weighted by Gasteiger charge is 2.31. The van der Waals surface area contributed by atoms with Crippen molar-refractivity contribution in [1.82, 2.24) is 4.90 Å². The Balaban J connectivity index is 0.00000364. The molecule has 1 aliphatic rings. The van der Waals surface area contributed by atoms with Gasteiger partial charge in [-0.25, -0.2) is 4.79 Å². The van der Waals surface area contributed by atoms with Gasteiger partial charge in [-0.15, -0.1) is 12.4 Å². The zero-order chi connectivity index (χ0) is 19.5. The molecule has 1 aromatic rings. The Labute approximate surface area is 167 Å². The lowest BCUT2D eigenvalue weighted by atomic mass is 10.1. The summed E-state index contributed by atoms with van der Waals surface area (Å²) in [5, 5.41) is 0. The molecule has 2 N–H and O–H groups in total. The number of ether oxygens (including phenoxy) is 2. The third kappa shape index (κ3) is 5.92. The minimum atomic E-state index is -0.511. The zero-order valence-corrected chi connectivity index (χ0v) is 17.5. The topological polar surface area (TPSA) is 85.1 Å². The number of hydrogen-bond donors (Lipinski definition) is 1. The molecule has 0 radical (unpaired) electrons. The summed E-state index contributed by atoms with van der Waals surface area (Å²) < 4.78 is 11.0. The number of benzene rings is 1. The van der Waals surface area contributed by atoms with Crippen molar-refractivity contribution in [3.63, 3.8) is 0 Å². The number of hydrogen-bond acceptors (Lipinski definition) is 5. The van der Waals surface area contributed by atoms with E-state index in [0.29, 0.717) is 37.6 Å². The number of nitrogens with two attached hydrogens (primary N) is 1. The largest absolute Gasteiger partial charge is 0.493 e. The summed E-state index contributed by atoms with van der Waals surface area (Å²) >= 11 is 0. The van der Waals surface area contributed by atoms with Crippen molar-refractivity contribution in [2.45, 2.75) is 46.3 Å². The molecule has 1 saturated heterocycles. The number of rotatable bonds is 4. The monoisotopic (exact) mass is 399 g/mol. The van der Waals surface area contributed by atoms with E-state index >= 15 is 0 Å². The van der Waals surface area contributed by atoms with Gasteiger partial charge in [-0.2, -0.15) is 0 Å². The molecular formula is C19H30ClN3O4. The van der Waals surface area contributed by atoms with Gasteiger partial charge >= 0.3 is 6.09 Å². The molecule has 1 fully saturated rings. The second-order valence-electron chi connectivity index (χ2n) is 7.45. The molecule has 0 unspecified atom stereocenters. The standard InChI is InChI=1S/C19H29N3O4.ClH/c1-6-25-16-11-14(7-8-15(16)17(20)23)21-9-10-22(13(2)12-21)18(24)26-19(3,4)5;/h7-8,11,13H,6,9-10,12H2,1-5H3,(H2,20,23);1H/t13-;/m1./s1. The summed E-state index contributed by atoms with van der Waals surface area (Å²) in [6.45, 7) is 11.8. The first-order valence-corrected chi connectivity index (χ1v) is 8.93. The van der Waals surface area contributed by atoms with Crippen molar-refractivity contribution < 1.29 is 19.1 Å². The number of piperazine rings is 1. The van der Waals surface area contributed by atoms with Crippen molar-refractivity contribution in [3.05, 3.63) is 23.8 Å². The molecule has 152 valence electrons. The third-order valence-corrected chi connectivity index (χ3v) is 4.15. The van der Waals surface area contributed by atoms with Gasteiger partial charge in [0.15, 0.2) is 0 Å². The number of carbonyl (C=O) groups is 2. The number of carbonyl (C=O) groups excluding carboxylic acids is 2. The molecule has 0 aliphatic carbocycles. The number of halogens is 1. The van der Waals surface area contributed by atoms with Gasteiger partial charge < -0.3 is 25.0 Å². The highest BCUT2D eigenvalue weighted by molar-refractivity contribution is 5.96. The molecule has 2 rings (SSSR count). The fraction of sp³-hybridized carbons (Fsp3) is 0.579. The molecule has 1 aromatic carbocycles. The van der Waals surface area contributed by atoms with Crippen LogP contribution in [0, 0.1) is 0 Å². The lowest BCUT2D eigenvalue weighted by Crippen LogP contribution is -2.55. The smallest absolute Gasteiger partial charge is 0.410 e. The van der Waals surface area contributed by atoms with E-state index in [1.54, 1.807) is 11.0 Å². The van der Waals surface area contributed by atoms with Crippen LogP contribution >= 0.6 is 12.4 Å². The average molecular weight is 400 g/mol. The van der Waals surface area contributed by atoms with Crippen LogP contribution in [-0.4, -0.2) is 54.8 Å². The quantitative estimate of drug-likeness (QED) is 0.840. The lowest BCUT2D eigenvalue weighted by molar-refractivity contribution is 0.0159. The zero-order valence-electron chi connectivity index (χ0n) is 16.7. The second kappa shape index (κ2) is 9.17. The molecule has 1 heterocycles. The van der Waals surface area contributed by atoms with Gasteiger partial charge in [0.1, 0.15) is 11.4 Å². The second-order valence-corrected chi connectivity index (χ2v) is 7.45. The van der Waals surface area contributed by atoms with Crippen LogP contribution in [0.3, 0.4) is 0 Å². The normalized spacial score (nSPS) is 17.1. The number of amides is 2. The predicted molar refractivity (Wildman–Crippen MR) is 108 cm³/mol. The Morgan fingerprint density at radius 1 is 1.26 bits per heavy atom. The van der Waals surface area contributed by atoms with Crippen molar-refractivity contribution in [1.29, 1.82) is 0 Å². The first-order valence-electron chi connectivity index (χ1n) is 8.93. The van der Waals surface area contributed by atoms with Gasteiger partial charge in [0.05, 0.1) is 12.2 Å². The summed E-state index contributed by atoms with van der Waals surface area (Å²) in [6.07, 6.45) is -0.288. The van der Waals surface area contributed by atoms with E-state index in [0.717, 1.165) is 5.69 Å². The van der Waals surface area contributed by atoms with E-state index in [-0.39, 0.29) is 24.5 Å². The summed E-state index contributed by atoms with van der Waals surface area (Å²) in [6, 6.07) is 5.39. The van der Waals surface area contributed by atoms with Crippen molar-refractivity contribution >= 4 is 30.1 Å². The molecule has 1 aliphatic heterocycles. The summed E-state index contributed by atoms with van der Waals surface area (Å²) in [4.78, 5) is 27.8. The molecule has 8 heteroatoms. The SMILES string of the molecule is CCOc1cc(N2CCN(C(=O)OC(C)(C)C)[C@H](C)C2)ccc1C(N)=O.Cl. The van der Waals surface area contributed by atoms with Crippen LogP contribution in [0.4, 0.5) is 10.5 Å². The van der Waals surface area contributed by atoms with Gasteiger partial charge in [-0.1, -0.05) is 0 Å². The van der Waals surface area contributed by atoms with Crippen LogP contribution in [0.1, 0.15) is 45.0 Å². The predicted octanol–water partition coefficient (Wildman–Crippen LogP) is 3.05. The Kier molecular flexibility index (Phi) is 7.77. The maximum absolute atomic E-state index is 12.3. The summed E-state index contributed by atoms with van der Waals surface area (Å²) in [5.41, 5.74) is 6.21. The molecule has 7 nitrogen and oxygen atoms in total. The lowest BCUT2D eigenvalue weighted by Gasteiger charge is -2.41. The highest BCUT2D eigenvalue weighted by Crippen LogP contribution is 2.28. The summed E-state index contributed by atoms with van der Waals surface area (Å²) in [5.74, 6) is -0.0251. The molecule has 1 atom stereocenters. The first kappa shape index (κ1) is 22.9. The van der Waals surface area contributed by atoms with Crippen LogP contribution in [-0.2, 0) is 4.74 Å². The fourth-order valence-electron chi connectivity index (χ4n) is 2.97. The molecule has 27 heavy (non-hydrogen) atoms. The van der Waals surface area contributed by atoms with Gasteiger partial charge in [0.2, 0.25) is 0 Å². The van der Waals surface area contributed by atoms with Crippen molar-refractivity contribution in [2.24, 2.45) is 5.73 Å². The van der Waals surface area contributed by atoms with Gasteiger partial charge in [-0.3, -0.25) is 4.79 Å². The molecule has 0 aromatic heterocycles. The van der Waals surface area contributed by atoms with Crippen LogP contribution in [0.2, 0.25) is 0 Å². The summed E-state index contributed by atoms with van der Waals surface area (Å²) in [7, 11) is 0. The molecule has 0 spiro atoms. The van der Waals surface area contributed by atoms with E-state index in [2.05, 4.69) is 4.90 Å². The maximum Gasteiger partial charge on any atom is 0.410 e. The van der Waals surface area contributed by atoms with E-state index in [1.165, 1.54) is 0 Å². The highest BCUT2D eigenvalue weighted by atomic mass is 35.5. The maximum atomic E-state index is 12.3. The Hall–Kier alpha value is -2.15.